The lowest BCUT2D eigenvalue weighted by atomic mass is 10.1. The molecule has 0 aliphatic heterocycles. The van der Waals surface area contributed by atoms with E-state index in [0.717, 1.165) is 5.56 Å². The van der Waals surface area contributed by atoms with Crippen molar-refractivity contribution in [3.05, 3.63) is 65.2 Å². The Balaban J connectivity index is 2.01. The Kier molecular flexibility index (Phi) is 8.04. The minimum absolute atomic E-state index is 0.0421. The van der Waals surface area contributed by atoms with E-state index in [1.165, 1.54) is 7.11 Å². The van der Waals surface area contributed by atoms with Gasteiger partial charge in [0.2, 0.25) is 5.91 Å². The third kappa shape index (κ3) is 6.94. The van der Waals surface area contributed by atoms with Gasteiger partial charge in [-0.05, 0) is 36.4 Å². The lowest BCUT2D eigenvalue weighted by Gasteiger charge is -2.06. The number of nitrogens with one attached hydrogen (secondary N) is 1. The quantitative estimate of drug-likeness (QED) is 0.462. The van der Waals surface area contributed by atoms with Crippen molar-refractivity contribution in [1.82, 2.24) is 0 Å². The number of methoxy groups -OCH3 is 2. The highest BCUT2D eigenvalue weighted by atomic mass is 16.5. The molecule has 0 saturated heterocycles. The highest BCUT2D eigenvalue weighted by molar-refractivity contribution is 5.92. The number of carbonyl (C=O) groups is 2. The van der Waals surface area contributed by atoms with E-state index >= 15 is 0 Å². The van der Waals surface area contributed by atoms with Crippen LogP contribution in [0.4, 0.5) is 5.69 Å². The molecule has 0 unspecified atom stereocenters. The summed E-state index contributed by atoms with van der Waals surface area (Å²) in [7, 11) is 2.91. The fourth-order valence-corrected chi connectivity index (χ4v) is 2.17. The van der Waals surface area contributed by atoms with E-state index in [9.17, 15) is 9.59 Å². The Morgan fingerprint density at radius 2 is 1.67 bits per heavy atom. The molecule has 0 radical (unpaired) electrons. The van der Waals surface area contributed by atoms with E-state index in [0.29, 0.717) is 30.0 Å². The number of hydrogen-bond acceptors (Lipinski definition) is 5. The van der Waals surface area contributed by atoms with Crippen LogP contribution in [0.5, 0.6) is 0 Å². The molecule has 1 N–H and O–H groups in total. The number of esters is 1. The number of ether oxygens (including phenoxy) is 3. The lowest BCUT2D eigenvalue weighted by molar-refractivity contribution is -0.121. The Labute approximate surface area is 158 Å². The molecule has 0 bridgehead atoms. The van der Waals surface area contributed by atoms with Crippen molar-refractivity contribution < 1.29 is 23.8 Å². The van der Waals surface area contributed by atoms with Gasteiger partial charge in [-0.2, -0.15) is 0 Å². The van der Waals surface area contributed by atoms with Gasteiger partial charge in [0.1, 0.15) is 6.61 Å². The summed E-state index contributed by atoms with van der Waals surface area (Å²) in [6.45, 7) is 0.759. The number of anilines is 1. The first-order chi connectivity index (χ1) is 13.1. The van der Waals surface area contributed by atoms with E-state index in [1.54, 1.807) is 43.5 Å². The Morgan fingerprint density at radius 3 is 2.37 bits per heavy atom. The van der Waals surface area contributed by atoms with E-state index in [4.69, 9.17) is 14.2 Å². The average molecular weight is 367 g/mol. The molecule has 0 atom stereocenters. The van der Waals surface area contributed by atoms with Crippen molar-refractivity contribution in [2.24, 2.45) is 0 Å². The first kappa shape index (κ1) is 20.2. The molecule has 0 aliphatic carbocycles. The maximum atomic E-state index is 11.8. The van der Waals surface area contributed by atoms with Crippen LogP contribution in [0.25, 0.3) is 0 Å². The maximum Gasteiger partial charge on any atom is 0.337 e. The van der Waals surface area contributed by atoms with Crippen molar-refractivity contribution in [2.45, 2.75) is 0 Å². The van der Waals surface area contributed by atoms with Gasteiger partial charge in [0.25, 0.3) is 0 Å². The highest BCUT2D eigenvalue weighted by Gasteiger charge is 2.05. The number of hydrogen-bond donors (Lipinski definition) is 1. The maximum absolute atomic E-state index is 11.8. The second kappa shape index (κ2) is 10.8. The van der Waals surface area contributed by atoms with Crippen LogP contribution in [0.3, 0.4) is 0 Å². The van der Waals surface area contributed by atoms with Crippen molar-refractivity contribution >= 4 is 17.6 Å². The van der Waals surface area contributed by atoms with E-state index < -0.39 is 5.97 Å². The zero-order valence-corrected chi connectivity index (χ0v) is 15.3. The SMILES string of the molecule is COCCOCC(=O)Nc1cccc(C#Cc2cccc(C(=O)OC)c2)c1. The first-order valence-corrected chi connectivity index (χ1v) is 8.29. The van der Waals surface area contributed by atoms with Gasteiger partial charge in [0.05, 0.1) is 25.9 Å². The molecule has 140 valence electrons. The van der Waals surface area contributed by atoms with Crippen LogP contribution in [-0.4, -0.2) is 45.9 Å². The van der Waals surface area contributed by atoms with Gasteiger partial charge in [-0.25, -0.2) is 4.79 Å². The number of rotatable bonds is 7. The van der Waals surface area contributed by atoms with Gasteiger partial charge in [-0.3, -0.25) is 4.79 Å². The van der Waals surface area contributed by atoms with Crippen molar-refractivity contribution in [3.63, 3.8) is 0 Å². The van der Waals surface area contributed by atoms with Crippen molar-refractivity contribution in [1.29, 1.82) is 0 Å². The molecule has 27 heavy (non-hydrogen) atoms. The van der Waals surface area contributed by atoms with Gasteiger partial charge < -0.3 is 19.5 Å². The predicted octanol–water partition coefficient (Wildman–Crippen LogP) is 2.47. The van der Waals surface area contributed by atoms with Crippen LogP contribution >= 0.6 is 0 Å². The molecule has 0 heterocycles. The fourth-order valence-electron chi connectivity index (χ4n) is 2.17. The largest absolute Gasteiger partial charge is 0.465 e. The Bertz CT molecular complexity index is 851. The molecular weight excluding hydrogens is 346 g/mol. The molecule has 0 fully saturated rings. The summed E-state index contributed by atoms with van der Waals surface area (Å²) in [6, 6.07) is 14.1. The number of benzene rings is 2. The first-order valence-electron chi connectivity index (χ1n) is 8.29. The minimum Gasteiger partial charge on any atom is -0.465 e. The molecule has 0 saturated carbocycles. The molecule has 1 amide bonds. The van der Waals surface area contributed by atoms with Crippen LogP contribution in [0.2, 0.25) is 0 Å². The Morgan fingerprint density at radius 1 is 0.963 bits per heavy atom. The zero-order valence-electron chi connectivity index (χ0n) is 15.3. The molecule has 2 rings (SSSR count). The van der Waals surface area contributed by atoms with Crippen LogP contribution in [0.15, 0.2) is 48.5 Å². The molecule has 2 aromatic carbocycles. The second-order valence-electron chi connectivity index (χ2n) is 5.50. The van der Waals surface area contributed by atoms with E-state index in [-0.39, 0.29) is 12.5 Å². The summed E-state index contributed by atoms with van der Waals surface area (Å²) < 4.78 is 14.7. The smallest absolute Gasteiger partial charge is 0.337 e. The van der Waals surface area contributed by atoms with Gasteiger partial charge in [0.15, 0.2) is 0 Å². The van der Waals surface area contributed by atoms with Crippen LogP contribution in [0.1, 0.15) is 21.5 Å². The van der Waals surface area contributed by atoms with Crippen LogP contribution in [-0.2, 0) is 19.0 Å². The highest BCUT2D eigenvalue weighted by Crippen LogP contribution is 2.11. The predicted molar refractivity (Wildman–Crippen MR) is 102 cm³/mol. The molecule has 6 heteroatoms. The topological polar surface area (TPSA) is 73.9 Å². The molecule has 0 spiro atoms. The van der Waals surface area contributed by atoms with Crippen LogP contribution < -0.4 is 5.32 Å². The summed E-state index contributed by atoms with van der Waals surface area (Å²) in [5, 5.41) is 2.76. The summed E-state index contributed by atoms with van der Waals surface area (Å²) in [5.41, 5.74) is 2.50. The van der Waals surface area contributed by atoms with Crippen LogP contribution in [0, 0.1) is 11.8 Å². The summed E-state index contributed by atoms with van der Waals surface area (Å²) in [5.74, 6) is 5.36. The molecular formula is C21H21NO5. The van der Waals surface area contributed by atoms with Gasteiger partial charge in [0, 0.05) is 23.9 Å². The molecule has 6 nitrogen and oxygen atoms in total. The van der Waals surface area contributed by atoms with Gasteiger partial charge >= 0.3 is 5.97 Å². The van der Waals surface area contributed by atoms with E-state index in [1.807, 2.05) is 12.1 Å². The minimum atomic E-state index is -0.406. The molecule has 2 aromatic rings. The van der Waals surface area contributed by atoms with Gasteiger partial charge in [-0.15, -0.1) is 0 Å². The lowest BCUT2D eigenvalue weighted by Crippen LogP contribution is -2.19. The molecule has 0 aliphatic rings. The monoisotopic (exact) mass is 367 g/mol. The zero-order chi connectivity index (χ0) is 19.5. The third-order valence-corrected chi connectivity index (χ3v) is 3.45. The number of amides is 1. The summed E-state index contributed by atoms with van der Waals surface area (Å²) >= 11 is 0. The standard InChI is InChI=1S/C21H21NO5/c1-25-11-12-27-15-20(23)22-19-8-4-6-17(14-19)10-9-16-5-3-7-18(13-16)21(24)26-2/h3-8,13-14H,11-12,15H2,1-2H3,(H,22,23). The molecule has 0 aromatic heterocycles. The third-order valence-electron chi connectivity index (χ3n) is 3.45. The van der Waals surface area contributed by atoms with Crippen molar-refractivity contribution in [2.75, 3.05) is 39.4 Å². The van der Waals surface area contributed by atoms with Crippen molar-refractivity contribution in [3.8, 4) is 11.8 Å². The second-order valence-corrected chi connectivity index (χ2v) is 5.50. The number of carbonyl (C=O) groups excluding carboxylic acids is 2. The fraction of sp³-hybridized carbons (Fsp3) is 0.238. The summed E-state index contributed by atoms with van der Waals surface area (Å²) in [6.07, 6.45) is 0. The average Bonchev–Trinajstić information content (AvgIpc) is 2.69. The van der Waals surface area contributed by atoms with E-state index in [2.05, 4.69) is 17.2 Å². The normalized spacial score (nSPS) is 9.85. The van der Waals surface area contributed by atoms with Gasteiger partial charge in [-0.1, -0.05) is 24.0 Å². The summed E-state index contributed by atoms with van der Waals surface area (Å²) in [4.78, 5) is 23.4. The Hall–Kier alpha value is -3.14.